The second-order valence-electron chi connectivity index (χ2n) is 4.00. The molecule has 1 aromatic rings. The molecule has 2 rings (SSSR count). The second-order valence-corrected chi connectivity index (χ2v) is 5.25. The van der Waals surface area contributed by atoms with Gasteiger partial charge < -0.3 is 5.32 Å². The van der Waals surface area contributed by atoms with Gasteiger partial charge in [-0.25, -0.2) is 4.98 Å². The van der Waals surface area contributed by atoms with Crippen molar-refractivity contribution in [3.63, 3.8) is 0 Å². The summed E-state index contributed by atoms with van der Waals surface area (Å²) in [4.78, 5) is 25.8. The topological polar surface area (TPSA) is 85.1 Å². The monoisotopic (exact) mass is 347 g/mol. The largest absolute Gasteiger partial charge is 0.310 e. The normalized spacial score (nSPS) is 22.0. The predicted octanol–water partition coefficient (Wildman–Crippen LogP) is 1.60. The minimum Gasteiger partial charge on any atom is -0.310 e. The number of hydrogen-bond acceptors (Lipinski definition) is 4. The molecule has 0 aromatic carbocycles. The van der Waals surface area contributed by atoms with Crippen LogP contribution in [0.4, 0.5) is 5.82 Å². The summed E-state index contributed by atoms with van der Waals surface area (Å²) in [6.45, 7) is 1.84. The highest BCUT2D eigenvalue weighted by molar-refractivity contribution is 14.1. The molecule has 1 N–H and O–H groups in total. The van der Waals surface area contributed by atoms with E-state index in [0.29, 0.717) is 12.2 Å². The Balaban J connectivity index is 2.02. The van der Waals surface area contributed by atoms with E-state index in [9.17, 15) is 14.9 Å². The molecule has 0 bridgehead atoms. The summed E-state index contributed by atoms with van der Waals surface area (Å²) in [5.74, 6) is -0.349. The molecule has 0 radical (unpaired) electrons. The predicted molar refractivity (Wildman–Crippen MR) is 69.2 cm³/mol. The van der Waals surface area contributed by atoms with Gasteiger partial charge in [0, 0.05) is 21.1 Å². The van der Waals surface area contributed by atoms with E-state index in [1.165, 1.54) is 0 Å². The number of anilines is 1. The van der Waals surface area contributed by atoms with Crippen LogP contribution in [0.15, 0.2) is 12.3 Å². The van der Waals surface area contributed by atoms with E-state index >= 15 is 0 Å². The van der Waals surface area contributed by atoms with Crippen molar-refractivity contribution in [3.05, 3.63) is 31.5 Å². The second kappa shape index (κ2) is 4.55. The Labute approximate surface area is 111 Å². The molecule has 90 valence electrons. The SMILES string of the molecule is Cc1cc(I)cnc1NC(=O)[C@H]1C[C@@H]1[N+](=O)[O-]. The quantitative estimate of drug-likeness (QED) is 0.511. The summed E-state index contributed by atoms with van der Waals surface area (Å²) in [5, 5.41) is 13.1. The zero-order valence-corrected chi connectivity index (χ0v) is 11.2. The van der Waals surface area contributed by atoms with Crippen LogP contribution in [-0.4, -0.2) is 21.9 Å². The van der Waals surface area contributed by atoms with Gasteiger partial charge in [-0.15, -0.1) is 0 Å². The fourth-order valence-corrected chi connectivity index (χ4v) is 2.18. The van der Waals surface area contributed by atoms with Gasteiger partial charge in [-0.1, -0.05) is 0 Å². The van der Waals surface area contributed by atoms with E-state index in [1.807, 2.05) is 13.0 Å². The molecule has 7 heteroatoms. The first-order chi connectivity index (χ1) is 7.99. The highest BCUT2D eigenvalue weighted by atomic mass is 127. The van der Waals surface area contributed by atoms with E-state index in [-0.39, 0.29) is 5.91 Å². The van der Waals surface area contributed by atoms with Crippen LogP contribution >= 0.6 is 22.6 Å². The molecule has 0 saturated heterocycles. The fraction of sp³-hybridized carbons (Fsp3) is 0.400. The smallest absolute Gasteiger partial charge is 0.235 e. The van der Waals surface area contributed by atoms with Crippen LogP contribution < -0.4 is 5.32 Å². The lowest BCUT2D eigenvalue weighted by molar-refractivity contribution is -0.497. The van der Waals surface area contributed by atoms with Crippen LogP contribution in [0.2, 0.25) is 0 Å². The van der Waals surface area contributed by atoms with Crippen LogP contribution in [0.1, 0.15) is 12.0 Å². The van der Waals surface area contributed by atoms with E-state index in [1.54, 1.807) is 6.20 Å². The third-order valence-corrected chi connectivity index (χ3v) is 3.24. The maximum Gasteiger partial charge on any atom is 0.235 e. The number of nitro groups is 1. The van der Waals surface area contributed by atoms with Crippen molar-refractivity contribution in [2.75, 3.05) is 5.32 Å². The lowest BCUT2D eigenvalue weighted by atomic mass is 10.3. The van der Waals surface area contributed by atoms with Gasteiger partial charge in [0.25, 0.3) is 0 Å². The number of carbonyl (C=O) groups is 1. The lowest BCUT2D eigenvalue weighted by Crippen LogP contribution is -2.19. The summed E-state index contributed by atoms with van der Waals surface area (Å²) in [5.41, 5.74) is 0.851. The Kier molecular flexibility index (Phi) is 3.27. The zero-order chi connectivity index (χ0) is 12.6. The third-order valence-electron chi connectivity index (χ3n) is 2.65. The molecule has 6 nitrogen and oxygen atoms in total. The summed E-state index contributed by atoms with van der Waals surface area (Å²) in [6.07, 6.45) is 1.96. The van der Waals surface area contributed by atoms with Crippen molar-refractivity contribution >= 4 is 34.3 Å². The fourth-order valence-electron chi connectivity index (χ4n) is 1.58. The molecule has 1 aliphatic carbocycles. The number of aromatic nitrogens is 1. The first-order valence-electron chi connectivity index (χ1n) is 5.05. The number of rotatable bonds is 3. The summed E-state index contributed by atoms with van der Waals surface area (Å²) < 4.78 is 0.979. The molecular weight excluding hydrogens is 337 g/mol. The first kappa shape index (κ1) is 12.2. The minimum absolute atomic E-state index is 0.316. The van der Waals surface area contributed by atoms with Crippen LogP contribution in [0.5, 0.6) is 0 Å². The number of pyridine rings is 1. The number of carbonyl (C=O) groups excluding carboxylic acids is 1. The van der Waals surface area contributed by atoms with Crippen LogP contribution in [0.3, 0.4) is 0 Å². The van der Waals surface area contributed by atoms with Gasteiger partial charge in [0.2, 0.25) is 11.9 Å². The highest BCUT2D eigenvalue weighted by Crippen LogP contribution is 2.34. The van der Waals surface area contributed by atoms with Crippen molar-refractivity contribution in [1.82, 2.24) is 4.98 Å². The molecule has 1 amide bonds. The summed E-state index contributed by atoms with van der Waals surface area (Å²) in [7, 11) is 0. The number of amides is 1. The minimum atomic E-state index is -0.723. The van der Waals surface area contributed by atoms with Crippen molar-refractivity contribution in [3.8, 4) is 0 Å². The molecule has 1 fully saturated rings. The Morgan fingerprint density at radius 1 is 1.71 bits per heavy atom. The molecule has 0 unspecified atom stereocenters. The summed E-state index contributed by atoms with van der Waals surface area (Å²) >= 11 is 2.13. The molecular formula is C10H10IN3O3. The molecule has 1 heterocycles. The number of nitrogens with one attached hydrogen (secondary N) is 1. The molecule has 17 heavy (non-hydrogen) atoms. The molecule has 2 atom stereocenters. The van der Waals surface area contributed by atoms with Crippen molar-refractivity contribution in [1.29, 1.82) is 0 Å². The van der Waals surface area contributed by atoms with Crippen molar-refractivity contribution in [2.24, 2.45) is 5.92 Å². The highest BCUT2D eigenvalue weighted by Gasteiger charge is 2.53. The molecule has 1 saturated carbocycles. The van der Waals surface area contributed by atoms with Crippen molar-refractivity contribution < 1.29 is 9.72 Å². The Hall–Kier alpha value is -1.25. The number of nitrogens with zero attached hydrogens (tertiary/aromatic N) is 2. The third kappa shape index (κ3) is 2.71. The number of hydrogen-bond donors (Lipinski definition) is 1. The Morgan fingerprint density at radius 3 is 2.94 bits per heavy atom. The maximum absolute atomic E-state index is 11.7. The average Bonchev–Trinajstić information content (AvgIpc) is 3.01. The Morgan fingerprint density at radius 2 is 2.41 bits per heavy atom. The molecule has 0 spiro atoms. The number of halogens is 1. The van der Waals surface area contributed by atoms with Gasteiger partial charge in [-0.3, -0.25) is 14.9 Å². The van der Waals surface area contributed by atoms with E-state index in [0.717, 1.165) is 9.13 Å². The standard InChI is InChI=1S/C10H10IN3O3/c1-5-2-6(11)4-12-9(5)13-10(15)7-3-8(7)14(16)17/h2,4,7-8H,3H2,1H3,(H,12,13,15)/t7-,8-/m0/s1. The van der Waals surface area contributed by atoms with Gasteiger partial charge in [-0.05, 0) is 41.1 Å². The van der Waals surface area contributed by atoms with Crippen LogP contribution in [0, 0.1) is 26.5 Å². The van der Waals surface area contributed by atoms with Gasteiger partial charge in [0.05, 0.1) is 0 Å². The Bertz CT molecular complexity index is 492. The average molecular weight is 347 g/mol. The van der Waals surface area contributed by atoms with Gasteiger partial charge >= 0.3 is 0 Å². The van der Waals surface area contributed by atoms with Gasteiger partial charge in [0.15, 0.2) is 0 Å². The number of aryl methyl sites for hydroxylation is 1. The van der Waals surface area contributed by atoms with E-state index in [2.05, 4.69) is 32.9 Å². The van der Waals surface area contributed by atoms with Gasteiger partial charge in [-0.2, -0.15) is 0 Å². The molecule has 1 aromatic heterocycles. The molecule has 1 aliphatic rings. The lowest BCUT2D eigenvalue weighted by Gasteiger charge is -2.06. The maximum atomic E-state index is 11.7. The zero-order valence-electron chi connectivity index (χ0n) is 9.01. The first-order valence-corrected chi connectivity index (χ1v) is 6.13. The van der Waals surface area contributed by atoms with E-state index in [4.69, 9.17) is 0 Å². The molecule has 0 aliphatic heterocycles. The van der Waals surface area contributed by atoms with Crippen molar-refractivity contribution in [2.45, 2.75) is 19.4 Å². The summed E-state index contributed by atoms with van der Waals surface area (Å²) in [6, 6.07) is 1.17. The van der Waals surface area contributed by atoms with E-state index < -0.39 is 16.9 Å². The van der Waals surface area contributed by atoms with Crippen LogP contribution in [-0.2, 0) is 4.79 Å². The van der Waals surface area contributed by atoms with Crippen LogP contribution in [0.25, 0.3) is 0 Å². The van der Waals surface area contributed by atoms with Gasteiger partial charge in [0.1, 0.15) is 11.7 Å².